The molecule has 0 aromatic carbocycles. The highest BCUT2D eigenvalue weighted by molar-refractivity contribution is 6.29. The van der Waals surface area contributed by atoms with Crippen molar-refractivity contribution in [3.8, 4) is 0 Å². The van der Waals surface area contributed by atoms with Gasteiger partial charge < -0.3 is 5.32 Å². The molecule has 3 heteroatoms. The van der Waals surface area contributed by atoms with Crippen molar-refractivity contribution in [2.75, 3.05) is 5.32 Å². The molecule has 0 fully saturated rings. The predicted molar refractivity (Wildman–Crippen MR) is 52.6 cm³/mol. The summed E-state index contributed by atoms with van der Waals surface area (Å²) in [5.41, 5.74) is 0. The van der Waals surface area contributed by atoms with Crippen LogP contribution in [-0.4, -0.2) is 11.0 Å². The number of pyridine rings is 1. The summed E-state index contributed by atoms with van der Waals surface area (Å²) in [6.45, 7) is 4.24. The van der Waals surface area contributed by atoms with E-state index in [1.54, 1.807) is 6.07 Å². The van der Waals surface area contributed by atoms with Crippen LogP contribution in [0.1, 0.15) is 20.3 Å². The highest BCUT2D eigenvalue weighted by Gasteiger charge is 1.99. The molecule has 2 nitrogen and oxygen atoms in total. The highest BCUT2D eigenvalue weighted by Crippen LogP contribution is 2.10. The number of rotatable bonds is 3. The van der Waals surface area contributed by atoms with Crippen molar-refractivity contribution in [1.29, 1.82) is 0 Å². The molecule has 66 valence electrons. The number of nitrogens with one attached hydrogen (secondary N) is 1. The van der Waals surface area contributed by atoms with E-state index in [1.165, 1.54) is 0 Å². The number of nitrogens with zero attached hydrogens (tertiary/aromatic N) is 1. The molecule has 0 aliphatic rings. The van der Waals surface area contributed by atoms with Crippen molar-refractivity contribution < 1.29 is 0 Å². The first kappa shape index (κ1) is 9.33. The van der Waals surface area contributed by atoms with E-state index in [0.717, 1.165) is 12.2 Å². The van der Waals surface area contributed by atoms with Gasteiger partial charge in [-0.2, -0.15) is 0 Å². The Kier molecular flexibility index (Phi) is 3.35. The van der Waals surface area contributed by atoms with Crippen molar-refractivity contribution in [2.45, 2.75) is 26.3 Å². The zero-order chi connectivity index (χ0) is 8.97. The van der Waals surface area contributed by atoms with Crippen LogP contribution in [0.5, 0.6) is 0 Å². The third kappa shape index (κ3) is 2.70. The lowest BCUT2D eigenvalue weighted by Gasteiger charge is -2.11. The van der Waals surface area contributed by atoms with Crippen LogP contribution in [0.2, 0.25) is 5.15 Å². The van der Waals surface area contributed by atoms with E-state index in [0.29, 0.717) is 11.2 Å². The van der Waals surface area contributed by atoms with Gasteiger partial charge in [-0.25, -0.2) is 4.98 Å². The summed E-state index contributed by atoms with van der Waals surface area (Å²) in [5.74, 6) is 0.844. The molecule has 0 saturated carbocycles. The van der Waals surface area contributed by atoms with Crippen LogP contribution in [0.25, 0.3) is 0 Å². The lowest BCUT2D eigenvalue weighted by molar-refractivity contribution is 0.759. The monoisotopic (exact) mass is 184 g/mol. The van der Waals surface area contributed by atoms with E-state index in [4.69, 9.17) is 11.6 Å². The lowest BCUT2D eigenvalue weighted by atomic mass is 10.2. The number of anilines is 1. The molecule has 0 radical (unpaired) electrons. The van der Waals surface area contributed by atoms with Crippen LogP contribution < -0.4 is 5.32 Å². The maximum atomic E-state index is 5.72. The Balaban J connectivity index is 2.63. The summed E-state index contributed by atoms with van der Waals surface area (Å²) in [5, 5.41) is 3.77. The van der Waals surface area contributed by atoms with E-state index >= 15 is 0 Å². The second kappa shape index (κ2) is 4.31. The molecule has 0 spiro atoms. The zero-order valence-electron chi connectivity index (χ0n) is 7.34. The molecule has 1 heterocycles. The normalized spacial score (nSPS) is 12.6. The Morgan fingerprint density at radius 2 is 2.33 bits per heavy atom. The Morgan fingerprint density at radius 3 is 2.92 bits per heavy atom. The molecule has 1 atom stereocenters. The van der Waals surface area contributed by atoms with Crippen molar-refractivity contribution in [3.63, 3.8) is 0 Å². The SMILES string of the molecule is CCC(C)Nc1cccc(Cl)n1. The lowest BCUT2D eigenvalue weighted by Crippen LogP contribution is -2.14. The predicted octanol–water partition coefficient (Wildman–Crippen LogP) is 2.95. The van der Waals surface area contributed by atoms with Gasteiger partial charge in [-0.3, -0.25) is 0 Å². The van der Waals surface area contributed by atoms with E-state index in [9.17, 15) is 0 Å². The Morgan fingerprint density at radius 1 is 1.58 bits per heavy atom. The first-order valence-corrected chi connectivity index (χ1v) is 4.49. The molecule has 0 bridgehead atoms. The minimum atomic E-state index is 0.441. The standard InChI is InChI=1S/C9H13ClN2/c1-3-7(2)11-9-6-4-5-8(10)12-9/h4-7H,3H2,1-2H3,(H,11,12). The molecule has 1 rings (SSSR count). The Labute approximate surface area is 78.0 Å². The van der Waals surface area contributed by atoms with E-state index in [2.05, 4.69) is 24.1 Å². The van der Waals surface area contributed by atoms with Crippen LogP contribution in [0.4, 0.5) is 5.82 Å². The Hall–Kier alpha value is -0.760. The van der Waals surface area contributed by atoms with Gasteiger partial charge in [-0.1, -0.05) is 24.6 Å². The van der Waals surface area contributed by atoms with E-state index < -0.39 is 0 Å². The van der Waals surface area contributed by atoms with E-state index in [-0.39, 0.29) is 0 Å². The average Bonchev–Trinajstić information content (AvgIpc) is 2.04. The van der Waals surface area contributed by atoms with Gasteiger partial charge in [0.1, 0.15) is 11.0 Å². The fourth-order valence-electron chi connectivity index (χ4n) is 0.843. The summed E-state index contributed by atoms with van der Waals surface area (Å²) >= 11 is 5.72. The summed E-state index contributed by atoms with van der Waals surface area (Å²) in [7, 11) is 0. The van der Waals surface area contributed by atoms with Crippen LogP contribution >= 0.6 is 11.6 Å². The van der Waals surface area contributed by atoms with Crippen molar-refractivity contribution >= 4 is 17.4 Å². The van der Waals surface area contributed by atoms with Gasteiger partial charge in [-0.05, 0) is 25.5 Å². The largest absolute Gasteiger partial charge is 0.368 e. The van der Waals surface area contributed by atoms with Crippen LogP contribution in [0.15, 0.2) is 18.2 Å². The van der Waals surface area contributed by atoms with Crippen molar-refractivity contribution in [2.24, 2.45) is 0 Å². The highest BCUT2D eigenvalue weighted by atomic mass is 35.5. The zero-order valence-corrected chi connectivity index (χ0v) is 8.10. The topological polar surface area (TPSA) is 24.9 Å². The summed E-state index contributed by atoms with van der Waals surface area (Å²) < 4.78 is 0. The minimum absolute atomic E-state index is 0.441. The maximum Gasteiger partial charge on any atom is 0.131 e. The molecule has 1 N–H and O–H groups in total. The quantitative estimate of drug-likeness (QED) is 0.731. The number of aromatic nitrogens is 1. The van der Waals surface area contributed by atoms with Gasteiger partial charge in [0.05, 0.1) is 0 Å². The average molecular weight is 185 g/mol. The van der Waals surface area contributed by atoms with Crippen molar-refractivity contribution in [3.05, 3.63) is 23.4 Å². The Bertz CT molecular complexity index is 250. The smallest absolute Gasteiger partial charge is 0.131 e. The summed E-state index contributed by atoms with van der Waals surface area (Å²) in [4.78, 5) is 4.12. The van der Waals surface area contributed by atoms with Crippen molar-refractivity contribution in [1.82, 2.24) is 4.98 Å². The molecule has 1 aromatic rings. The van der Waals surface area contributed by atoms with Gasteiger partial charge >= 0.3 is 0 Å². The molecule has 0 amide bonds. The molecule has 1 unspecified atom stereocenters. The second-order valence-corrected chi connectivity index (χ2v) is 3.19. The molecule has 0 aliphatic heterocycles. The molecule has 1 aromatic heterocycles. The summed E-state index contributed by atoms with van der Waals surface area (Å²) in [6, 6.07) is 6.01. The van der Waals surface area contributed by atoms with Gasteiger partial charge in [0, 0.05) is 6.04 Å². The molecule has 0 saturated heterocycles. The van der Waals surface area contributed by atoms with Gasteiger partial charge in [0.25, 0.3) is 0 Å². The number of halogens is 1. The van der Waals surface area contributed by atoms with Crippen LogP contribution in [-0.2, 0) is 0 Å². The molecule has 12 heavy (non-hydrogen) atoms. The molecule has 0 aliphatic carbocycles. The second-order valence-electron chi connectivity index (χ2n) is 2.80. The molecular weight excluding hydrogens is 172 g/mol. The first-order chi connectivity index (χ1) is 5.72. The minimum Gasteiger partial charge on any atom is -0.368 e. The van der Waals surface area contributed by atoms with Gasteiger partial charge in [0.15, 0.2) is 0 Å². The summed E-state index contributed by atoms with van der Waals surface area (Å²) in [6.07, 6.45) is 1.08. The maximum absolute atomic E-state index is 5.72. The third-order valence-corrected chi connectivity index (χ3v) is 1.93. The van der Waals surface area contributed by atoms with Gasteiger partial charge in [0.2, 0.25) is 0 Å². The van der Waals surface area contributed by atoms with Gasteiger partial charge in [-0.15, -0.1) is 0 Å². The number of hydrogen-bond donors (Lipinski definition) is 1. The first-order valence-electron chi connectivity index (χ1n) is 4.11. The van der Waals surface area contributed by atoms with Crippen LogP contribution in [0, 0.1) is 0 Å². The number of hydrogen-bond acceptors (Lipinski definition) is 2. The fourth-order valence-corrected chi connectivity index (χ4v) is 1.01. The molecular formula is C9H13ClN2. The fraction of sp³-hybridized carbons (Fsp3) is 0.444. The van der Waals surface area contributed by atoms with E-state index in [1.807, 2.05) is 12.1 Å². The third-order valence-electron chi connectivity index (χ3n) is 1.72. The van der Waals surface area contributed by atoms with Crippen LogP contribution in [0.3, 0.4) is 0 Å².